The van der Waals surface area contributed by atoms with Crippen LogP contribution in [0, 0.1) is 0 Å². The maximum atomic E-state index is 5.53. The third kappa shape index (κ3) is 5.64. The number of morpholine rings is 1. The van der Waals surface area contributed by atoms with Gasteiger partial charge in [-0.15, -0.1) is 0 Å². The fourth-order valence-electron chi connectivity index (χ4n) is 3.68. The van der Waals surface area contributed by atoms with Crippen molar-refractivity contribution < 1.29 is 4.74 Å². The number of benzene rings is 3. The van der Waals surface area contributed by atoms with Crippen molar-refractivity contribution in [3.63, 3.8) is 0 Å². The molecule has 0 amide bonds. The summed E-state index contributed by atoms with van der Waals surface area (Å²) in [5.41, 5.74) is 5.83. The summed E-state index contributed by atoms with van der Waals surface area (Å²) in [6, 6.07) is 28.0. The van der Waals surface area contributed by atoms with Gasteiger partial charge in [0.15, 0.2) is 0 Å². The summed E-state index contributed by atoms with van der Waals surface area (Å²) in [7, 11) is 0. The van der Waals surface area contributed by atoms with Crippen molar-refractivity contribution in [2.24, 2.45) is 5.10 Å². The van der Waals surface area contributed by atoms with Crippen LogP contribution in [0.2, 0.25) is 0 Å². The summed E-state index contributed by atoms with van der Waals surface area (Å²) in [4.78, 5) is 18.4. The number of nitrogens with zero attached hydrogens (tertiary/aromatic N) is 6. The van der Waals surface area contributed by atoms with Crippen LogP contribution in [0.3, 0.4) is 0 Å². The van der Waals surface area contributed by atoms with Gasteiger partial charge in [-0.1, -0.05) is 70.5 Å². The summed E-state index contributed by atoms with van der Waals surface area (Å²) in [5.74, 6) is 1.43. The number of anilines is 5. The highest BCUT2D eigenvalue weighted by Crippen LogP contribution is 2.33. The van der Waals surface area contributed by atoms with Gasteiger partial charge < -0.3 is 9.64 Å². The zero-order chi connectivity index (χ0) is 23.9. The predicted octanol–water partition coefficient (Wildman–Crippen LogP) is 5.39. The van der Waals surface area contributed by atoms with Crippen LogP contribution in [0.5, 0.6) is 0 Å². The minimum Gasteiger partial charge on any atom is -0.378 e. The van der Waals surface area contributed by atoms with Crippen molar-refractivity contribution in [2.45, 2.75) is 0 Å². The molecule has 2 heterocycles. The molecule has 3 aromatic carbocycles. The molecule has 0 atom stereocenters. The normalized spacial score (nSPS) is 13.7. The molecule has 0 saturated carbocycles. The highest BCUT2D eigenvalue weighted by Gasteiger charge is 2.21. The van der Waals surface area contributed by atoms with Crippen molar-refractivity contribution in [2.75, 3.05) is 41.5 Å². The summed E-state index contributed by atoms with van der Waals surface area (Å²) >= 11 is 3.54. The Bertz CT molecular complexity index is 1240. The smallest absolute Gasteiger partial charge is 0.250 e. The lowest BCUT2D eigenvalue weighted by Gasteiger charge is -2.28. The fourth-order valence-corrected chi connectivity index (χ4v) is 4.07. The molecule has 1 N–H and O–H groups in total. The first kappa shape index (κ1) is 22.9. The number of para-hydroxylation sites is 2. The van der Waals surface area contributed by atoms with E-state index >= 15 is 0 Å². The van der Waals surface area contributed by atoms with E-state index in [1.54, 1.807) is 6.21 Å². The topological polar surface area (TPSA) is 78.8 Å². The van der Waals surface area contributed by atoms with E-state index in [1.807, 2.05) is 89.8 Å². The van der Waals surface area contributed by atoms with Crippen molar-refractivity contribution in [1.29, 1.82) is 0 Å². The van der Waals surface area contributed by atoms with Gasteiger partial charge in [0.25, 0.3) is 0 Å². The molecule has 1 aromatic heterocycles. The van der Waals surface area contributed by atoms with Crippen LogP contribution in [0.25, 0.3) is 0 Å². The van der Waals surface area contributed by atoms with E-state index in [1.165, 1.54) is 0 Å². The third-order valence-corrected chi connectivity index (χ3v) is 6.13. The van der Waals surface area contributed by atoms with Crippen LogP contribution in [-0.2, 0) is 4.74 Å². The SMILES string of the molecule is Brc1ccccc1C=NNc1nc(N2CCOCC2)nc(N(c2ccccc2)c2ccccc2)n1. The quantitative estimate of drug-likeness (QED) is 0.254. The lowest BCUT2D eigenvalue weighted by atomic mass is 10.2. The standard InChI is InChI=1S/C26H24BrN7O/c27-23-14-8-7-9-20(23)19-28-32-24-29-25(33-15-17-35-18-16-33)31-26(30-24)34(21-10-3-1-4-11-21)22-12-5-2-6-13-22/h1-14,19H,15-18H2,(H,29,30,31,32). The maximum Gasteiger partial charge on any atom is 0.250 e. The second-order valence-corrected chi connectivity index (χ2v) is 8.61. The van der Waals surface area contributed by atoms with Gasteiger partial charge in [-0.2, -0.15) is 20.1 Å². The molecule has 0 radical (unpaired) electrons. The molecule has 5 rings (SSSR count). The molecular formula is C26H24BrN7O. The first-order valence-electron chi connectivity index (χ1n) is 11.3. The van der Waals surface area contributed by atoms with Crippen LogP contribution in [-0.4, -0.2) is 47.5 Å². The van der Waals surface area contributed by atoms with E-state index in [-0.39, 0.29) is 0 Å². The Balaban J connectivity index is 1.55. The monoisotopic (exact) mass is 529 g/mol. The number of hydrogen-bond donors (Lipinski definition) is 1. The van der Waals surface area contributed by atoms with Crippen LogP contribution < -0.4 is 15.2 Å². The zero-order valence-electron chi connectivity index (χ0n) is 19.0. The lowest BCUT2D eigenvalue weighted by molar-refractivity contribution is 0.122. The number of hydrogen-bond acceptors (Lipinski definition) is 8. The molecule has 1 aliphatic rings. The average Bonchev–Trinajstić information content (AvgIpc) is 2.92. The lowest BCUT2D eigenvalue weighted by Crippen LogP contribution is -2.37. The van der Waals surface area contributed by atoms with Crippen molar-refractivity contribution in [3.05, 3.63) is 95.0 Å². The average molecular weight is 530 g/mol. The molecule has 9 heteroatoms. The molecule has 1 fully saturated rings. The Labute approximate surface area is 212 Å². The number of halogens is 1. The van der Waals surface area contributed by atoms with Crippen molar-refractivity contribution in [1.82, 2.24) is 15.0 Å². The third-order valence-electron chi connectivity index (χ3n) is 5.41. The van der Waals surface area contributed by atoms with Crippen molar-refractivity contribution >= 4 is 51.4 Å². The van der Waals surface area contributed by atoms with E-state index < -0.39 is 0 Å². The summed E-state index contributed by atoms with van der Waals surface area (Å²) in [6.45, 7) is 2.68. The second kappa shape index (κ2) is 11.1. The Morgan fingerprint density at radius 2 is 1.46 bits per heavy atom. The van der Waals surface area contributed by atoms with Crippen LogP contribution in [0.15, 0.2) is 94.5 Å². The van der Waals surface area contributed by atoms with Gasteiger partial charge in [-0.25, -0.2) is 5.43 Å². The summed E-state index contributed by atoms with van der Waals surface area (Å²) < 4.78 is 6.48. The van der Waals surface area contributed by atoms with Crippen molar-refractivity contribution in [3.8, 4) is 0 Å². The molecule has 35 heavy (non-hydrogen) atoms. The molecule has 0 spiro atoms. The summed E-state index contributed by atoms with van der Waals surface area (Å²) in [5, 5.41) is 4.39. The number of rotatable bonds is 7. The number of nitrogens with one attached hydrogen (secondary N) is 1. The highest BCUT2D eigenvalue weighted by atomic mass is 79.9. The van der Waals surface area contributed by atoms with Gasteiger partial charge >= 0.3 is 0 Å². The zero-order valence-corrected chi connectivity index (χ0v) is 20.5. The highest BCUT2D eigenvalue weighted by molar-refractivity contribution is 9.10. The molecule has 1 aliphatic heterocycles. The Kier molecular flexibility index (Phi) is 7.26. The van der Waals surface area contributed by atoms with Gasteiger partial charge in [0.2, 0.25) is 17.8 Å². The van der Waals surface area contributed by atoms with Gasteiger partial charge in [0.1, 0.15) is 0 Å². The van der Waals surface area contributed by atoms with E-state index in [2.05, 4.69) is 36.3 Å². The van der Waals surface area contributed by atoms with Gasteiger partial charge in [0, 0.05) is 34.5 Å². The van der Waals surface area contributed by atoms with E-state index in [9.17, 15) is 0 Å². The number of ether oxygens (including phenoxy) is 1. The number of hydrazone groups is 1. The first-order chi connectivity index (χ1) is 17.3. The summed E-state index contributed by atoms with van der Waals surface area (Å²) in [6.07, 6.45) is 1.73. The van der Waals surface area contributed by atoms with Crippen LogP contribution in [0.1, 0.15) is 5.56 Å². The molecule has 176 valence electrons. The number of aromatic nitrogens is 3. The Morgan fingerprint density at radius 1 is 0.829 bits per heavy atom. The largest absolute Gasteiger partial charge is 0.378 e. The molecule has 8 nitrogen and oxygen atoms in total. The van der Waals surface area contributed by atoms with Gasteiger partial charge in [0.05, 0.1) is 19.4 Å². The molecule has 0 aliphatic carbocycles. The fraction of sp³-hybridized carbons (Fsp3) is 0.154. The van der Waals surface area contributed by atoms with Gasteiger partial charge in [-0.3, -0.25) is 4.90 Å². The van der Waals surface area contributed by atoms with E-state index in [0.717, 1.165) is 21.4 Å². The Morgan fingerprint density at radius 3 is 2.11 bits per heavy atom. The Hall–Kier alpha value is -3.82. The maximum absolute atomic E-state index is 5.53. The molecule has 0 bridgehead atoms. The minimum absolute atomic E-state index is 0.358. The van der Waals surface area contributed by atoms with E-state index in [4.69, 9.17) is 14.7 Å². The molecule has 0 unspecified atom stereocenters. The molecule has 4 aromatic rings. The van der Waals surface area contributed by atoms with Crippen LogP contribution >= 0.6 is 15.9 Å². The molecular weight excluding hydrogens is 506 g/mol. The van der Waals surface area contributed by atoms with E-state index in [0.29, 0.717) is 44.1 Å². The minimum atomic E-state index is 0.358. The second-order valence-electron chi connectivity index (χ2n) is 7.76. The molecule has 1 saturated heterocycles. The van der Waals surface area contributed by atoms with Gasteiger partial charge in [-0.05, 0) is 30.3 Å². The first-order valence-corrected chi connectivity index (χ1v) is 12.1. The predicted molar refractivity (Wildman–Crippen MR) is 143 cm³/mol. The van der Waals surface area contributed by atoms with Crippen LogP contribution in [0.4, 0.5) is 29.2 Å².